The van der Waals surface area contributed by atoms with E-state index in [-0.39, 0.29) is 18.6 Å². The molecular formula is C10H20N2O4S. The summed E-state index contributed by atoms with van der Waals surface area (Å²) in [6.45, 7) is 1.70. The second kappa shape index (κ2) is 8.19. The largest absolute Gasteiger partial charge is 0.479 e. The van der Waals surface area contributed by atoms with Crippen LogP contribution in [0.4, 0.5) is 4.79 Å². The highest BCUT2D eigenvalue weighted by Gasteiger charge is 2.20. The highest BCUT2D eigenvalue weighted by molar-refractivity contribution is 7.98. The maximum absolute atomic E-state index is 11.6. The van der Waals surface area contributed by atoms with E-state index in [0.29, 0.717) is 0 Å². The monoisotopic (exact) mass is 264 g/mol. The number of carboxylic acid groups (broad SMARTS) is 1. The van der Waals surface area contributed by atoms with Gasteiger partial charge in [0.2, 0.25) is 0 Å². The smallest absolute Gasteiger partial charge is 0.334 e. The summed E-state index contributed by atoms with van der Waals surface area (Å²) in [5.74, 6) is -0.522. The van der Waals surface area contributed by atoms with Crippen LogP contribution in [0.1, 0.15) is 13.3 Å². The zero-order valence-corrected chi connectivity index (χ0v) is 11.2. The molecule has 0 spiro atoms. The summed E-state index contributed by atoms with van der Waals surface area (Å²) in [5.41, 5.74) is 0. The number of aliphatic hydroxyl groups excluding tert-OH is 1. The topological polar surface area (TPSA) is 89.9 Å². The van der Waals surface area contributed by atoms with Crippen molar-refractivity contribution in [2.75, 3.05) is 25.6 Å². The number of aliphatic carboxylic acids is 1. The van der Waals surface area contributed by atoms with Gasteiger partial charge in [-0.05, 0) is 12.7 Å². The number of urea groups is 1. The van der Waals surface area contributed by atoms with Crippen LogP contribution < -0.4 is 5.32 Å². The van der Waals surface area contributed by atoms with Crippen molar-refractivity contribution in [1.82, 2.24) is 10.2 Å². The molecule has 17 heavy (non-hydrogen) atoms. The van der Waals surface area contributed by atoms with Crippen LogP contribution in [0.3, 0.4) is 0 Å². The molecule has 0 heterocycles. The molecule has 0 aromatic carbocycles. The Labute approximate surface area is 105 Å². The Kier molecular flexibility index (Phi) is 7.73. The van der Waals surface area contributed by atoms with E-state index in [1.54, 1.807) is 18.8 Å². The lowest BCUT2D eigenvalue weighted by Gasteiger charge is -2.27. The van der Waals surface area contributed by atoms with E-state index in [4.69, 9.17) is 10.2 Å². The molecule has 6 nitrogen and oxygen atoms in total. The van der Waals surface area contributed by atoms with Crippen LogP contribution in [-0.2, 0) is 4.79 Å². The minimum absolute atomic E-state index is 0.104. The molecule has 7 heteroatoms. The fourth-order valence-electron chi connectivity index (χ4n) is 1.26. The van der Waals surface area contributed by atoms with Crippen LogP contribution in [-0.4, -0.2) is 64.9 Å². The maximum atomic E-state index is 11.6. The number of hydrogen-bond acceptors (Lipinski definition) is 4. The normalized spacial score (nSPS) is 13.9. The Hall–Kier alpha value is -0.950. The highest BCUT2D eigenvalue weighted by Crippen LogP contribution is 2.08. The molecule has 0 rings (SSSR count). The standard InChI is InChI=1S/C10H20N2O4S/c1-4-7(6-17-3)12(2)10(16)11-5-8(13)9(14)15/h7-8,13H,4-6H2,1-3H3,(H,11,16)(H,14,15)/t7?,8-/m0/s1. The third-order valence-corrected chi connectivity index (χ3v) is 3.15. The first kappa shape index (κ1) is 16.1. The van der Waals surface area contributed by atoms with E-state index in [1.807, 2.05) is 13.2 Å². The van der Waals surface area contributed by atoms with Crippen molar-refractivity contribution in [3.8, 4) is 0 Å². The van der Waals surface area contributed by atoms with Gasteiger partial charge in [0.15, 0.2) is 6.10 Å². The van der Waals surface area contributed by atoms with Crippen molar-refractivity contribution in [3.63, 3.8) is 0 Å². The minimum Gasteiger partial charge on any atom is -0.479 e. The van der Waals surface area contributed by atoms with Crippen molar-refractivity contribution in [3.05, 3.63) is 0 Å². The number of carboxylic acids is 1. The molecule has 0 saturated heterocycles. The Morgan fingerprint density at radius 2 is 2.06 bits per heavy atom. The molecular weight excluding hydrogens is 244 g/mol. The van der Waals surface area contributed by atoms with Gasteiger partial charge in [-0.3, -0.25) is 0 Å². The van der Waals surface area contributed by atoms with E-state index in [1.165, 1.54) is 4.90 Å². The summed E-state index contributed by atoms with van der Waals surface area (Å²) >= 11 is 1.64. The number of nitrogens with zero attached hydrogens (tertiary/aromatic N) is 1. The molecule has 0 aliphatic carbocycles. The summed E-state index contributed by atoms with van der Waals surface area (Å²) in [7, 11) is 1.66. The summed E-state index contributed by atoms with van der Waals surface area (Å²) in [5, 5.41) is 19.9. The van der Waals surface area contributed by atoms with Crippen molar-refractivity contribution < 1.29 is 19.8 Å². The SMILES string of the molecule is CCC(CSC)N(C)C(=O)NC[C@H](O)C(=O)O. The number of hydrogen-bond donors (Lipinski definition) is 3. The molecule has 2 atom stereocenters. The molecule has 0 fully saturated rings. The second-order valence-electron chi connectivity index (χ2n) is 3.67. The molecule has 3 N–H and O–H groups in total. The third kappa shape index (κ3) is 5.78. The first-order chi connectivity index (χ1) is 7.93. The van der Waals surface area contributed by atoms with Crippen molar-refractivity contribution in [2.24, 2.45) is 0 Å². The molecule has 0 bridgehead atoms. The minimum atomic E-state index is -1.56. The van der Waals surface area contributed by atoms with Crippen LogP contribution in [0.5, 0.6) is 0 Å². The van der Waals surface area contributed by atoms with Gasteiger partial charge in [0.25, 0.3) is 0 Å². The van der Waals surface area contributed by atoms with Gasteiger partial charge in [0.1, 0.15) is 0 Å². The molecule has 0 radical (unpaired) electrons. The number of thioether (sulfide) groups is 1. The predicted molar refractivity (Wildman–Crippen MR) is 67.3 cm³/mol. The number of nitrogens with one attached hydrogen (secondary N) is 1. The van der Waals surface area contributed by atoms with Crippen molar-refractivity contribution in [2.45, 2.75) is 25.5 Å². The van der Waals surface area contributed by atoms with E-state index in [0.717, 1.165) is 12.2 Å². The number of rotatable bonds is 7. The molecule has 100 valence electrons. The lowest BCUT2D eigenvalue weighted by molar-refractivity contribution is -0.146. The van der Waals surface area contributed by atoms with Crippen LogP contribution >= 0.6 is 11.8 Å². The molecule has 1 unspecified atom stereocenters. The van der Waals surface area contributed by atoms with Crippen LogP contribution in [0.15, 0.2) is 0 Å². The summed E-state index contributed by atoms with van der Waals surface area (Å²) in [6.07, 6.45) is 1.22. The van der Waals surface area contributed by atoms with Crippen molar-refractivity contribution in [1.29, 1.82) is 0 Å². The lowest BCUT2D eigenvalue weighted by Crippen LogP contribution is -2.47. The highest BCUT2D eigenvalue weighted by atomic mass is 32.2. The molecule has 0 aliphatic heterocycles. The van der Waals surface area contributed by atoms with Crippen LogP contribution in [0, 0.1) is 0 Å². The third-order valence-electron chi connectivity index (χ3n) is 2.43. The summed E-state index contributed by atoms with van der Waals surface area (Å²) in [6, 6.07) is -0.266. The van der Waals surface area contributed by atoms with Gasteiger partial charge in [-0.15, -0.1) is 0 Å². The van der Waals surface area contributed by atoms with Crippen LogP contribution in [0.25, 0.3) is 0 Å². The number of carbonyl (C=O) groups is 2. The van der Waals surface area contributed by atoms with Gasteiger partial charge < -0.3 is 20.4 Å². The maximum Gasteiger partial charge on any atom is 0.334 e. The molecule has 2 amide bonds. The molecule has 0 aromatic heterocycles. The summed E-state index contributed by atoms with van der Waals surface area (Å²) in [4.78, 5) is 23.5. The Bertz CT molecular complexity index is 263. The average Bonchev–Trinajstić information content (AvgIpc) is 2.31. The fourth-order valence-corrected chi connectivity index (χ4v) is 2.10. The van der Waals surface area contributed by atoms with Gasteiger partial charge in [0.05, 0.1) is 6.54 Å². The van der Waals surface area contributed by atoms with Gasteiger partial charge >= 0.3 is 12.0 Å². The van der Waals surface area contributed by atoms with Gasteiger partial charge in [-0.25, -0.2) is 9.59 Å². The van der Waals surface area contributed by atoms with E-state index >= 15 is 0 Å². The van der Waals surface area contributed by atoms with E-state index in [2.05, 4.69) is 5.32 Å². The molecule has 0 aromatic rings. The molecule has 0 aliphatic rings. The zero-order valence-electron chi connectivity index (χ0n) is 10.3. The van der Waals surface area contributed by atoms with Crippen LogP contribution in [0.2, 0.25) is 0 Å². The Balaban J connectivity index is 4.16. The quantitative estimate of drug-likeness (QED) is 0.612. The van der Waals surface area contributed by atoms with Gasteiger partial charge in [-0.1, -0.05) is 6.92 Å². The summed E-state index contributed by atoms with van der Waals surface area (Å²) < 4.78 is 0. The number of amides is 2. The Morgan fingerprint density at radius 3 is 2.47 bits per heavy atom. The molecule has 0 saturated carbocycles. The van der Waals surface area contributed by atoms with Gasteiger partial charge in [0, 0.05) is 18.8 Å². The van der Waals surface area contributed by atoms with E-state index < -0.39 is 12.1 Å². The second-order valence-corrected chi connectivity index (χ2v) is 4.58. The Morgan fingerprint density at radius 1 is 1.47 bits per heavy atom. The fraction of sp³-hybridized carbons (Fsp3) is 0.800. The van der Waals surface area contributed by atoms with E-state index in [9.17, 15) is 9.59 Å². The predicted octanol–water partition coefficient (Wildman–Crippen LogP) is 0.215. The van der Waals surface area contributed by atoms with Crippen molar-refractivity contribution >= 4 is 23.8 Å². The van der Waals surface area contributed by atoms with Gasteiger partial charge in [-0.2, -0.15) is 11.8 Å². The first-order valence-corrected chi connectivity index (χ1v) is 6.73. The zero-order chi connectivity index (χ0) is 13.4. The number of carbonyl (C=O) groups excluding carboxylic acids is 1. The first-order valence-electron chi connectivity index (χ1n) is 5.34. The number of aliphatic hydroxyl groups is 1. The lowest BCUT2D eigenvalue weighted by atomic mass is 10.2. The average molecular weight is 264 g/mol.